The molecule has 0 bridgehead atoms. The standard InChI is InChI=1S/C15H20F3N3O2S.ClH/c1-24-7-5-12(19)14(22)21-6-4-11(9-21)23-13-3-2-10(8-20-13)15(16,17)18;/h2-3,8,11-12H,4-7,9,19H2,1H3;1H. The number of halogens is 4. The zero-order valence-corrected chi connectivity index (χ0v) is 15.3. The summed E-state index contributed by atoms with van der Waals surface area (Å²) >= 11 is 1.63. The number of likely N-dealkylation sites (tertiary alicyclic amines) is 1. The highest BCUT2D eigenvalue weighted by atomic mass is 35.5. The molecule has 1 aromatic rings. The molecule has 0 spiro atoms. The molecule has 1 aromatic heterocycles. The van der Waals surface area contributed by atoms with Crippen molar-refractivity contribution >= 4 is 30.1 Å². The predicted octanol–water partition coefficient (Wildman–Crippen LogP) is 2.58. The lowest BCUT2D eigenvalue weighted by molar-refractivity contribution is -0.138. The zero-order valence-electron chi connectivity index (χ0n) is 13.7. The van der Waals surface area contributed by atoms with E-state index >= 15 is 0 Å². The summed E-state index contributed by atoms with van der Waals surface area (Å²) in [4.78, 5) is 17.5. The Morgan fingerprint density at radius 3 is 2.80 bits per heavy atom. The zero-order chi connectivity index (χ0) is 17.7. The van der Waals surface area contributed by atoms with E-state index in [4.69, 9.17) is 10.5 Å². The van der Waals surface area contributed by atoms with Gasteiger partial charge in [0.1, 0.15) is 6.10 Å². The molecule has 0 radical (unpaired) electrons. The van der Waals surface area contributed by atoms with Gasteiger partial charge in [-0.2, -0.15) is 24.9 Å². The summed E-state index contributed by atoms with van der Waals surface area (Å²) in [5.41, 5.74) is 5.05. The van der Waals surface area contributed by atoms with E-state index in [0.29, 0.717) is 25.9 Å². The van der Waals surface area contributed by atoms with Gasteiger partial charge in [0.15, 0.2) is 0 Å². The highest BCUT2D eigenvalue weighted by Gasteiger charge is 2.32. The molecule has 25 heavy (non-hydrogen) atoms. The Hall–Kier alpha value is -1.19. The second-order valence-corrected chi connectivity index (χ2v) is 6.57. The molecule has 2 N–H and O–H groups in total. The molecule has 10 heteroatoms. The number of thioether (sulfide) groups is 1. The van der Waals surface area contributed by atoms with E-state index in [1.807, 2.05) is 6.26 Å². The summed E-state index contributed by atoms with van der Waals surface area (Å²) in [5, 5.41) is 0. The number of aromatic nitrogens is 1. The van der Waals surface area contributed by atoms with Gasteiger partial charge < -0.3 is 15.4 Å². The third-order valence-electron chi connectivity index (χ3n) is 3.76. The Kier molecular flexibility index (Phi) is 8.30. The van der Waals surface area contributed by atoms with Crippen molar-refractivity contribution in [3.8, 4) is 5.88 Å². The molecule has 2 rings (SSSR count). The molecule has 1 aliphatic rings. The normalized spacial score (nSPS) is 18.6. The maximum absolute atomic E-state index is 12.5. The number of carbonyl (C=O) groups excluding carboxylic acids is 1. The van der Waals surface area contributed by atoms with E-state index in [1.165, 1.54) is 6.07 Å². The van der Waals surface area contributed by atoms with Crippen LogP contribution in [0.3, 0.4) is 0 Å². The summed E-state index contributed by atoms with van der Waals surface area (Å²) in [6.07, 6.45) is -0.799. The largest absolute Gasteiger partial charge is 0.472 e. The summed E-state index contributed by atoms with van der Waals surface area (Å²) < 4.78 is 43.0. The van der Waals surface area contributed by atoms with Crippen LogP contribution in [0.4, 0.5) is 13.2 Å². The van der Waals surface area contributed by atoms with Crippen molar-refractivity contribution in [3.63, 3.8) is 0 Å². The summed E-state index contributed by atoms with van der Waals surface area (Å²) in [7, 11) is 0. The minimum atomic E-state index is -4.42. The molecular formula is C15H21ClF3N3O2S. The molecule has 2 atom stereocenters. The number of nitrogens with zero attached hydrogens (tertiary/aromatic N) is 2. The van der Waals surface area contributed by atoms with Crippen LogP contribution in [0.25, 0.3) is 0 Å². The SMILES string of the molecule is CSCCC(N)C(=O)N1CCC(Oc2ccc(C(F)(F)F)cn2)C1.Cl. The van der Waals surface area contributed by atoms with E-state index in [0.717, 1.165) is 18.0 Å². The summed E-state index contributed by atoms with van der Waals surface area (Å²) in [6.45, 7) is 0.894. The van der Waals surface area contributed by atoms with Crippen LogP contribution in [0, 0.1) is 0 Å². The van der Waals surface area contributed by atoms with Crippen LogP contribution in [-0.4, -0.2) is 53.0 Å². The van der Waals surface area contributed by atoms with Gasteiger partial charge in [0, 0.05) is 25.2 Å². The third-order valence-corrected chi connectivity index (χ3v) is 4.40. The molecule has 1 saturated heterocycles. The monoisotopic (exact) mass is 399 g/mol. The van der Waals surface area contributed by atoms with Crippen LogP contribution in [0.15, 0.2) is 18.3 Å². The van der Waals surface area contributed by atoms with Crippen LogP contribution < -0.4 is 10.5 Å². The van der Waals surface area contributed by atoms with E-state index in [2.05, 4.69) is 4.98 Å². The van der Waals surface area contributed by atoms with Crippen molar-refractivity contribution < 1.29 is 22.7 Å². The highest BCUT2D eigenvalue weighted by molar-refractivity contribution is 7.98. The second-order valence-electron chi connectivity index (χ2n) is 5.58. The first-order valence-electron chi connectivity index (χ1n) is 7.54. The quantitative estimate of drug-likeness (QED) is 0.796. The molecule has 1 amide bonds. The lowest BCUT2D eigenvalue weighted by Crippen LogP contribution is -2.43. The minimum Gasteiger partial charge on any atom is -0.472 e. The molecular weight excluding hydrogens is 379 g/mol. The number of carbonyl (C=O) groups is 1. The maximum Gasteiger partial charge on any atom is 0.417 e. The molecule has 142 valence electrons. The molecule has 1 fully saturated rings. The van der Waals surface area contributed by atoms with Gasteiger partial charge in [-0.1, -0.05) is 0 Å². The van der Waals surface area contributed by atoms with Gasteiger partial charge >= 0.3 is 6.18 Å². The van der Waals surface area contributed by atoms with E-state index in [1.54, 1.807) is 16.7 Å². The predicted molar refractivity (Wildman–Crippen MR) is 93.1 cm³/mol. The molecule has 5 nitrogen and oxygen atoms in total. The van der Waals surface area contributed by atoms with Gasteiger partial charge in [-0.3, -0.25) is 4.79 Å². The first-order valence-corrected chi connectivity index (χ1v) is 8.94. The Morgan fingerprint density at radius 1 is 1.52 bits per heavy atom. The maximum atomic E-state index is 12.5. The van der Waals surface area contributed by atoms with Crippen molar-refractivity contribution in [3.05, 3.63) is 23.9 Å². The van der Waals surface area contributed by atoms with Crippen molar-refractivity contribution in [1.29, 1.82) is 0 Å². The lowest BCUT2D eigenvalue weighted by atomic mass is 10.2. The summed E-state index contributed by atoms with van der Waals surface area (Å²) in [5.74, 6) is 0.820. The van der Waals surface area contributed by atoms with Crippen LogP contribution in [-0.2, 0) is 11.0 Å². The number of pyridine rings is 1. The summed E-state index contributed by atoms with van der Waals surface area (Å²) in [6, 6.07) is 1.59. The van der Waals surface area contributed by atoms with Crippen LogP contribution in [0.2, 0.25) is 0 Å². The van der Waals surface area contributed by atoms with E-state index < -0.39 is 17.8 Å². The van der Waals surface area contributed by atoms with Crippen LogP contribution in [0.1, 0.15) is 18.4 Å². The lowest BCUT2D eigenvalue weighted by Gasteiger charge is -2.20. The number of hydrogen-bond donors (Lipinski definition) is 1. The van der Waals surface area contributed by atoms with Crippen molar-refractivity contribution in [2.24, 2.45) is 5.73 Å². The third kappa shape index (κ3) is 6.23. The fourth-order valence-corrected chi connectivity index (χ4v) is 2.91. The van der Waals surface area contributed by atoms with Gasteiger partial charge in [-0.15, -0.1) is 12.4 Å². The number of nitrogens with two attached hydrogens (primary N) is 1. The first kappa shape index (κ1) is 21.9. The van der Waals surface area contributed by atoms with Gasteiger partial charge in [0.05, 0.1) is 18.2 Å². The smallest absolute Gasteiger partial charge is 0.417 e. The number of hydrogen-bond acceptors (Lipinski definition) is 5. The number of ether oxygens (including phenoxy) is 1. The van der Waals surface area contributed by atoms with Crippen molar-refractivity contribution in [2.45, 2.75) is 31.2 Å². The van der Waals surface area contributed by atoms with Crippen molar-refractivity contribution in [1.82, 2.24) is 9.88 Å². The number of rotatable bonds is 6. The number of alkyl halides is 3. The first-order chi connectivity index (χ1) is 11.3. The Bertz CT molecular complexity index is 560. The van der Waals surface area contributed by atoms with E-state index in [9.17, 15) is 18.0 Å². The molecule has 2 unspecified atom stereocenters. The fraction of sp³-hybridized carbons (Fsp3) is 0.600. The number of amides is 1. The highest BCUT2D eigenvalue weighted by Crippen LogP contribution is 2.29. The average Bonchev–Trinajstić information content (AvgIpc) is 3.00. The molecule has 1 aliphatic heterocycles. The Labute approximate surface area is 154 Å². The van der Waals surface area contributed by atoms with E-state index in [-0.39, 0.29) is 30.3 Å². The molecule has 0 aliphatic carbocycles. The Morgan fingerprint density at radius 2 is 2.24 bits per heavy atom. The van der Waals surface area contributed by atoms with Gasteiger partial charge in [0.2, 0.25) is 11.8 Å². The molecule has 0 aromatic carbocycles. The topological polar surface area (TPSA) is 68.5 Å². The van der Waals surface area contributed by atoms with Crippen LogP contribution in [0.5, 0.6) is 5.88 Å². The Balaban J connectivity index is 0.00000312. The average molecular weight is 400 g/mol. The van der Waals surface area contributed by atoms with Crippen molar-refractivity contribution in [2.75, 3.05) is 25.1 Å². The minimum absolute atomic E-state index is 0. The fourth-order valence-electron chi connectivity index (χ4n) is 2.42. The molecule has 2 heterocycles. The second kappa shape index (κ2) is 9.49. The van der Waals surface area contributed by atoms with Gasteiger partial charge in [0.25, 0.3) is 0 Å². The van der Waals surface area contributed by atoms with Gasteiger partial charge in [-0.25, -0.2) is 4.98 Å². The van der Waals surface area contributed by atoms with Gasteiger partial charge in [-0.05, 0) is 24.5 Å². The molecule has 0 saturated carbocycles. The van der Waals surface area contributed by atoms with Crippen LogP contribution >= 0.6 is 24.2 Å².